The minimum Gasteiger partial charge on any atom is -0.313 e. The topological polar surface area (TPSA) is 42.2 Å². The van der Waals surface area contributed by atoms with E-state index in [0.717, 1.165) is 29.3 Å². The summed E-state index contributed by atoms with van der Waals surface area (Å²) in [5.74, 6) is 0.972. The minimum absolute atomic E-state index is 0.722. The smallest absolute Gasteiger partial charge is 0.164 e. The minimum atomic E-state index is 0.722. The van der Waals surface area contributed by atoms with Crippen molar-refractivity contribution in [1.82, 2.24) is 19.7 Å². The average molecular weight is 238 g/mol. The van der Waals surface area contributed by atoms with Crippen molar-refractivity contribution in [3.63, 3.8) is 0 Å². The van der Waals surface area contributed by atoms with E-state index in [4.69, 9.17) is 0 Å². The number of hydrogen-bond donors (Lipinski definition) is 1. The largest absolute Gasteiger partial charge is 0.313 e. The first-order valence-electron chi connectivity index (χ1n) is 5.92. The van der Waals surface area contributed by atoms with Crippen LogP contribution in [0, 0.1) is 0 Å². The van der Waals surface area contributed by atoms with Crippen LogP contribution in [0.5, 0.6) is 0 Å². The van der Waals surface area contributed by atoms with Crippen molar-refractivity contribution in [3.8, 4) is 11.3 Å². The van der Waals surface area contributed by atoms with Gasteiger partial charge in [0.25, 0.3) is 0 Å². The van der Waals surface area contributed by atoms with Crippen molar-refractivity contribution in [2.75, 3.05) is 7.05 Å². The van der Waals surface area contributed by atoms with Crippen molar-refractivity contribution in [2.45, 2.75) is 6.54 Å². The van der Waals surface area contributed by atoms with Crippen molar-refractivity contribution >= 4 is 5.65 Å². The standard InChI is InChI=1S/C14H14N4/c1-15-10-12-17-13(11-6-3-2-4-7-11)14-16-8-5-9-18(12)14/h2-9,15H,10H2,1H3. The van der Waals surface area contributed by atoms with Crippen LogP contribution in [0.4, 0.5) is 0 Å². The summed E-state index contributed by atoms with van der Waals surface area (Å²) in [6.07, 6.45) is 3.79. The molecule has 0 bridgehead atoms. The first-order valence-corrected chi connectivity index (χ1v) is 5.92. The molecule has 0 aliphatic carbocycles. The second-order valence-corrected chi connectivity index (χ2v) is 4.09. The summed E-state index contributed by atoms with van der Waals surface area (Å²) in [6.45, 7) is 0.722. The Bertz CT molecular complexity index is 658. The van der Waals surface area contributed by atoms with Gasteiger partial charge in [0.05, 0.1) is 6.54 Å². The molecule has 0 aliphatic heterocycles. The van der Waals surface area contributed by atoms with Gasteiger partial charge in [-0.05, 0) is 13.1 Å². The summed E-state index contributed by atoms with van der Waals surface area (Å²) in [5, 5.41) is 3.13. The summed E-state index contributed by atoms with van der Waals surface area (Å²) in [5.41, 5.74) is 2.92. The molecule has 18 heavy (non-hydrogen) atoms. The maximum absolute atomic E-state index is 4.69. The third kappa shape index (κ3) is 1.76. The highest BCUT2D eigenvalue weighted by atomic mass is 15.1. The van der Waals surface area contributed by atoms with E-state index in [1.54, 1.807) is 6.20 Å². The number of rotatable bonds is 3. The lowest BCUT2D eigenvalue weighted by Crippen LogP contribution is -2.08. The fourth-order valence-corrected chi connectivity index (χ4v) is 2.06. The van der Waals surface area contributed by atoms with Crippen LogP contribution in [0.2, 0.25) is 0 Å². The van der Waals surface area contributed by atoms with Crippen LogP contribution in [0.3, 0.4) is 0 Å². The Morgan fingerprint density at radius 2 is 2.00 bits per heavy atom. The number of aromatic nitrogens is 3. The molecule has 1 N–H and O–H groups in total. The van der Waals surface area contributed by atoms with E-state index in [-0.39, 0.29) is 0 Å². The summed E-state index contributed by atoms with van der Waals surface area (Å²) < 4.78 is 2.03. The summed E-state index contributed by atoms with van der Waals surface area (Å²) in [4.78, 5) is 9.12. The second-order valence-electron chi connectivity index (χ2n) is 4.09. The van der Waals surface area contributed by atoms with E-state index in [1.807, 2.05) is 41.9 Å². The van der Waals surface area contributed by atoms with Gasteiger partial charge < -0.3 is 5.32 Å². The average Bonchev–Trinajstić information content (AvgIpc) is 2.80. The van der Waals surface area contributed by atoms with E-state index >= 15 is 0 Å². The highest BCUT2D eigenvalue weighted by molar-refractivity contribution is 5.74. The van der Waals surface area contributed by atoms with Gasteiger partial charge in [-0.15, -0.1) is 0 Å². The summed E-state index contributed by atoms with van der Waals surface area (Å²) >= 11 is 0. The van der Waals surface area contributed by atoms with Crippen molar-refractivity contribution in [1.29, 1.82) is 0 Å². The number of nitrogens with zero attached hydrogens (tertiary/aromatic N) is 3. The molecule has 3 rings (SSSR count). The quantitative estimate of drug-likeness (QED) is 0.760. The molecule has 0 fully saturated rings. The van der Waals surface area contributed by atoms with E-state index in [0.29, 0.717) is 0 Å². The van der Waals surface area contributed by atoms with Crippen molar-refractivity contribution in [2.24, 2.45) is 0 Å². The van der Waals surface area contributed by atoms with Gasteiger partial charge in [0.1, 0.15) is 11.5 Å². The molecule has 0 saturated carbocycles. The molecule has 0 amide bonds. The normalized spacial score (nSPS) is 10.9. The molecule has 4 nitrogen and oxygen atoms in total. The Hall–Kier alpha value is -2.20. The molecule has 2 heterocycles. The van der Waals surface area contributed by atoms with Gasteiger partial charge >= 0.3 is 0 Å². The molecule has 90 valence electrons. The number of hydrogen-bond acceptors (Lipinski definition) is 3. The lowest BCUT2D eigenvalue weighted by molar-refractivity contribution is 0.754. The Balaban J connectivity index is 2.24. The molecule has 0 saturated heterocycles. The predicted octanol–water partition coefficient (Wildman–Crippen LogP) is 2.12. The third-order valence-corrected chi connectivity index (χ3v) is 2.86. The Morgan fingerprint density at radius 3 is 2.78 bits per heavy atom. The molecular formula is C14H14N4. The molecule has 0 radical (unpaired) electrons. The first-order chi connectivity index (χ1) is 8.90. The van der Waals surface area contributed by atoms with Gasteiger partial charge in [0, 0.05) is 18.0 Å². The number of imidazole rings is 1. The molecule has 4 heteroatoms. The third-order valence-electron chi connectivity index (χ3n) is 2.86. The van der Waals surface area contributed by atoms with Crippen LogP contribution in [-0.2, 0) is 6.54 Å². The molecule has 2 aromatic heterocycles. The van der Waals surface area contributed by atoms with Crippen LogP contribution in [-0.4, -0.2) is 21.4 Å². The molecule has 0 atom stereocenters. The number of nitrogens with one attached hydrogen (secondary N) is 1. The molecule has 0 unspecified atom stereocenters. The van der Waals surface area contributed by atoms with E-state index < -0.39 is 0 Å². The zero-order valence-electron chi connectivity index (χ0n) is 10.2. The zero-order valence-corrected chi connectivity index (χ0v) is 10.2. The highest BCUT2D eigenvalue weighted by Gasteiger charge is 2.12. The lowest BCUT2D eigenvalue weighted by atomic mass is 10.2. The van der Waals surface area contributed by atoms with Gasteiger partial charge in [-0.1, -0.05) is 30.3 Å². The van der Waals surface area contributed by atoms with Crippen LogP contribution in [0.15, 0.2) is 48.8 Å². The van der Waals surface area contributed by atoms with Gasteiger partial charge in [0.15, 0.2) is 5.65 Å². The van der Waals surface area contributed by atoms with Crippen LogP contribution in [0.25, 0.3) is 16.9 Å². The Labute approximate surface area is 105 Å². The van der Waals surface area contributed by atoms with E-state index in [1.165, 1.54) is 0 Å². The second kappa shape index (κ2) is 4.58. The van der Waals surface area contributed by atoms with E-state index in [2.05, 4.69) is 27.4 Å². The fourth-order valence-electron chi connectivity index (χ4n) is 2.06. The van der Waals surface area contributed by atoms with Gasteiger partial charge in [-0.25, -0.2) is 9.97 Å². The Kier molecular flexibility index (Phi) is 2.78. The van der Waals surface area contributed by atoms with Crippen LogP contribution >= 0.6 is 0 Å². The van der Waals surface area contributed by atoms with Crippen molar-refractivity contribution < 1.29 is 0 Å². The molecule has 0 aliphatic rings. The summed E-state index contributed by atoms with van der Waals surface area (Å²) in [7, 11) is 1.92. The first kappa shape index (κ1) is 10.9. The highest BCUT2D eigenvalue weighted by Crippen LogP contribution is 2.22. The fraction of sp³-hybridized carbons (Fsp3) is 0.143. The van der Waals surface area contributed by atoms with Crippen molar-refractivity contribution in [3.05, 3.63) is 54.6 Å². The predicted molar refractivity (Wildman–Crippen MR) is 71.2 cm³/mol. The Morgan fingerprint density at radius 1 is 1.17 bits per heavy atom. The SMILES string of the molecule is CNCc1nc(-c2ccccc2)c2ncccn12. The van der Waals surface area contributed by atoms with Gasteiger partial charge in [-0.2, -0.15) is 0 Å². The maximum atomic E-state index is 4.69. The van der Waals surface area contributed by atoms with Crippen LogP contribution < -0.4 is 5.32 Å². The zero-order chi connectivity index (χ0) is 12.4. The summed E-state index contributed by atoms with van der Waals surface area (Å²) in [6, 6.07) is 12.1. The maximum Gasteiger partial charge on any atom is 0.164 e. The van der Waals surface area contributed by atoms with E-state index in [9.17, 15) is 0 Å². The van der Waals surface area contributed by atoms with Crippen LogP contribution in [0.1, 0.15) is 5.82 Å². The molecule has 0 spiro atoms. The number of fused-ring (bicyclic) bond motifs is 1. The number of benzene rings is 1. The molecule has 3 aromatic rings. The monoisotopic (exact) mass is 238 g/mol. The molecular weight excluding hydrogens is 224 g/mol. The molecule has 1 aromatic carbocycles. The van der Waals surface area contributed by atoms with Gasteiger partial charge in [-0.3, -0.25) is 4.40 Å². The van der Waals surface area contributed by atoms with Gasteiger partial charge in [0.2, 0.25) is 0 Å². The lowest BCUT2D eigenvalue weighted by Gasteiger charge is -1.98.